The van der Waals surface area contributed by atoms with Crippen LogP contribution in [0.5, 0.6) is 0 Å². The van der Waals surface area contributed by atoms with Gasteiger partial charge >= 0.3 is 6.09 Å². The number of carbonyl (C=O) groups is 2. The highest BCUT2D eigenvalue weighted by Crippen LogP contribution is 2.42. The van der Waals surface area contributed by atoms with Crippen LogP contribution in [-0.4, -0.2) is 61.3 Å². The third-order valence-electron chi connectivity index (χ3n) is 7.65. The van der Waals surface area contributed by atoms with E-state index < -0.39 is 23.4 Å². The molecule has 1 aromatic carbocycles. The van der Waals surface area contributed by atoms with Gasteiger partial charge in [0.25, 0.3) is 5.91 Å². The summed E-state index contributed by atoms with van der Waals surface area (Å²) in [6.07, 6.45) is 5.47. The summed E-state index contributed by atoms with van der Waals surface area (Å²) in [5.41, 5.74) is 2.36. The molecule has 0 saturated carbocycles. The standard InChI is InChI=1S/C31H33FN6O4/c1-31(2,3)42-30(41)38-17-22-26(20-7-11-33-28-21(20)10-12-36(28)4)23(32)15-24(27(22)29(38)40)35-25-6-5-18(16-34-25)37-13-8-19(39)9-14-37/h5-7,10-12,15-16,19,39H,8-9,13-14,17H2,1-4H3,(H,34,35). The molecule has 0 radical (unpaired) electrons. The normalized spacial score (nSPS) is 15.8. The van der Waals surface area contributed by atoms with Crippen LogP contribution in [0.4, 0.5) is 26.4 Å². The van der Waals surface area contributed by atoms with E-state index in [1.807, 2.05) is 29.9 Å². The van der Waals surface area contributed by atoms with Crippen molar-refractivity contribution in [3.05, 3.63) is 65.9 Å². The lowest BCUT2D eigenvalue weighted by atomic mass is 9.93. The molecule has 0 atom stereocenters. The number of aliphatic hydroxyl groups excluding tert-OH is 1. The Morgan fingerprint density at radius 2 is 1.88 bits per heavy atom. The Balaban J connectivity index is 1.41. The second kappa shape index (κ2) is 10.4. The minimum atomic E-state index is -0.819. The van der Waals surface area contributed by atoms with E-state index in [0.717, 1.165) is 29.1 Å². The van der Waals surface area contributed by atoms with Gasteiger partial charge in [0.2, 0.25) is 0 Å². The highest BCUT2D eigenvalue weighted by molar-refractivity contribution is 6.12. The molecule has 2 aliphatic rings. The highest BCUT2D eigenvalue weighted by atomic mass is 19.1. The van der Waals surface area contributed by atoms with Gasteiger partial charge in [0, 0.05) is 43.5 Å². The molecule has 6 rings (SSSR count). The minimum absolute atomic E-state index is 0.144. The van der Waals surface area contributed by atoms with Gasteiger partial charge in [-0.2, -0.15) is 0 Å². The van der Waals surface area contributed by atoms with E-state index in [1.165, 1.54) is 6.07 Å². The second-order valence-corrected chi connectivity index (χ2v) is 11.8. The zero-order valence-corrected chi connectivity index (χ0v) is 24.0. The number of nitrogens with zero attached hydrogens (tertiary/aromatic N) is 5. The van der Waals surface area contributed by atoms with Crippen molar-refractivity contribution in [2.24, 2.45) is 7.05 Å². The molecule has 4 aromatic rings. The van der Waals surface area contributed by atoms with Crippen LogP contribution in [0.2, 0.25) is 0 Å². The van der Waals surface area contributed by atoms with Crippen LogP contribution in [0, 0.1) is 5.82 Å². The van der Waals surface area contributed by atoms with Crippen LogP contribution in [0.1, 0.15) is 49.5 Å². The molecule has 2 amide bonds. The van der Waals surface area contributed by atoms with Gasteiger partial charge in [-0.05, 0) is 75.1 Å². The number of anilines is 3. The molecule has 1 fully saturated rings. The van der Waals surface area contributed by atoms with Crippen molar-refractivity contribution >= 4 is 40.2 Å². The first kappa shape index (κ1) is 27.6. The maximum atomic E-state index is 16.1. The van der Waals surface area contributed by atoms with Crippen molar-refractivity contribution in [2.75, 3.05) is 23.3 Å². The number of ether oxygens (including phenoxy) is 1. The fourth-order valence-corrected chi connectivity index (χ4v) is 5.62. The number of fused-ring (bicyclic) bond motifs is 2. The van der Waals surface area contributed by atoms with Crippen molar-refractivity contribution in [1.29, 1.82) is 0 Å². The summed E-state index contributed by atoms with van der Waals surface area (Å²) < 4.78 is 23.5. The molecule has 2 N–H and O–H groups in total. The fraction of sp³-hybridized carbons (Fsp3) is 0.355. The monoisotopic (exact) mass is 572 g/mol. The number of piperidine rings is 1. The fourth-order valence-electron chi connectivity index (χ4n) is 5.62. The number of hydrogen-bond acceptors (Lipinski definition) is 8. The molecular weight excluding hydrogens is 539 g/mol. The van der Waals surface area contributed by atoms with E-state index in [9.17, 15) is 14.7 Å². The number of pyridine rings is 2. The molecule has 0 unspecified atom stereocenters. The van der Waals surface area contributed by atoms with E-state index in [1.54, 1.807) is 45.3 Å². The Hall–Kier alpha value is -4.51. The average molecular weight is 573 g/mol. The van der Waals surface area contributed by atoms with Gasteiger partial charge in [0.05, 0.1) is 35.8 Å². The Kier molecular flexibility index (Phi) is 6.84. The van der Waals surface area contributed by atoms with Gasteiger partial charge in [-0.25, -0.2) is 24.1 Å². The van der Waals surface area contributed by atoms with E-state index in [0.29, 0.717) is 35.4 Å². The maximum Gasteiger partial charge on any atom is 0.417 e. The molecule has 3 aromatic heterocycles. The first-order chi connectivity index (χ1) is 20.0. The van der Waals surface area contributed by atoms with E-state index in [4.69, 9.17) is 4.74 Å². The van der Waals surface area contributed by atoms with Crippen LogP contribution in [0.3, 0.4) is 0 Å². The number of aryl methyl sites for hydroxylation is 1. The molecule has 11 heteroatoms. The Bertz CT molecular complexity index is 1690. The second-order valence-electron chi connectivity index (χ2n) is 11.8. The van der Waals surface area contributed by atoms with Crippen molar-refractivity contribution in [3.8, 4) is 11.1 Å². The lowest BCUT2D eigenvalue weighted by Gasteiger charge is -2.31. The van der Waals surface area contributed by atoms with Crippen LogP contribution >= 0.6 is 0 Å². The molecule has 1 saturated heterocycles. The van der Waals surface area contributed by atoms with Crippen molar-refractivity contribution in [3.63, 3.8) is 0 Å². The quantitative estimate of drug-likeness (QED) is 0.336. The molecule has 5 heterocycles. The zero-order chi connectivity index (χ0) is 29.8. The molecule has 0 spiro atoms. The van der Waals surface area contributed by atoms with Gasteiger partial charge in [-0.15, -0.1) is 0 Å². The predicted molar refractivity (Wildman–Crippen MR) is 157 cm³/mol. The van der Waals surface area contributed by atoms with E-state index in [2.05, 4.69) is 20.2 Å². The van der Waals surface area contributed by atoms with Crippen LogP contribution in [0.15, 0.2) is 48.9 Å². The summed E-state index contributed by atoms with van der Waals surface area (Å²) in [5, 5.41) is 13.7. The smallest absolute Gasteiger partial charge is 0.417 e. The van der Waals surface area contributed by atoms with Crippen molar-refractivity contribution in [1.82, 2.24) is 19.4 Å². The number of benzene rings is 1. The number of halogens is 1. The summed E-state index contributed by atoms with van der Waals surface area (Å²) in [7, 11) is 1.85. The molecule has 2 aliphatic heterocycles. The average Bonchev–Trinajstić information content (AvgIpc) is 3.49. The number of imide groups is 1. The van der Waals surface area contributed by atoms with Crippen molar-refractivity contribution in [2.45, 2.75) is 51.9 Å². The van der Waals surface area contributed by atoms with Crippen LogP contribution in [-0.2, 0) is 18.3 Å². The first-order valence-corrected chi connectivity index (χ1v) is 14.0. The predicted octanol–water partition coefficient (Wildman–Crippen LogP) is 5.37. The van der Waals surface area contributed by atoms with Gasteiger partial charge in [-0.3, -0.25) is 4.79 Å². The number of aromatic nitrogens is 3. The maximum absolute atomic E-state index is 16.1. The molecule has 42 heavy (non-hydrogen) atoms. The van der Waals surface area contributed by atoms with Gasteiger partial charge in [0.15, 0.2) is 0 Å². The summed E-state index contributed by atoms with van der Waals surface area (Å²) in [4.78, 5) is 39.0. The SMILES string of the molecule is Cn1ccc2c(-c3c(F)cc(Nc4ccc(N5CCC(O)CC5)cn4)c4c3CN(C(=O)OC(C)(C)C)C4=O)ccnc21. The van der Waals surface area contributed by atoms with Gasteiger partial charge in [-0.1, -0.05) is 0 Å². The van der Waals surface area contributed by atoms with Crippen molar-refractivity contribution < 1.29 is 23.8 Å². The largest absolute Gasteiger partial charge is 0.443 e. The summed E-state index contributed by atoms with van der Waals surface area (Å²) >= 11 is 0. The Morgan fingerprint density at radius 3 is 2.57 bits per heavy atom. The molecule has 218 valence electrons. The molecule has 0 aliphatic carbocycles. The molecule has 0 bridgehead atoms. The third-order valence-corrected chi connectivity index (χ3v) is 7.65. The zero-order valence-electron chi connectivity index (χ0n) is 24.0. The number of rotatable bonds is 4. The van der Waals surface area contributed by atoms with E-state index >= 15 is 4.39 Å². The number of carbonyl (C=O) groups excluding carboxylic acids is 2. The molecule has 10 nitrogen and oxygen atoms in total. The summed E-state index contributed by atoms with van der Waals surface area (Å²) in [5.74, 6) is -0.706. The Labute approximate surface area is 242 Å². The number of nitrogens with one attached hydrogen (secondary N) is 1. The number of amides is 2. The Morgan fingerprint density at radius 1 is 1.12 bits per heavy atom. The minimum Gasteiger partial charge on any atom is -0.443 e. The first-order valence-electron chi connectivity index (χ1n) is 14.0. The molecular formula is C31H33FN6O4. The lowest BCUT2D eigenvalue weighted by Crippen LogP contribution is -2.37. The highest BCUT2D eigenvalue weighted by Gasteiger charge is 2.40. The number of hydrogen-bond donors (Lipinski definition) is 2. The number of aliphatic hydroxyl groups is 1. The third kappa shape index (κ3) is 5.04. The van der Waals surface area contributed by atoms with Gasteiger partial charge in [0.1, 0.15) is 22.9 Å². The topological polar surface area (TPSA) is 113 Å². The summed E-state index contributed by atoms with van der Waals surface area (Å²) in [6, 6.07) is 8.51. The summed E-state index contributed by atoms with van der Waals surface area (Å²) in [6.45, 7) is 6.49. The van der Waals surface area contributed by atoms with Gasteiger partial charge < -0.3 is 24.6 Å². The van der Waals surface area contributed by atoms with E-state index in [-0.39, 0.29) is 29.5 Å². The van der Waals surface area contributed by atoms with Crippen LogP contribution < -0.4 is 10.2 Å². The lowest BCUT2D eigenvalue weighted by molar-refractivity contribution is 0.0248. The van der Waals surface area contributed by atoms with Crippen LogP contribution in [0.25, 0.3) is 22.2 Å².